The van der Waals surface area contributed by atoms with Crippen LogP contribution >= 0.6 is 0 Å². The van der Waals surface area contributed by atoms with Crippen LogP contribution in [-0.4, -0.2) is 26.1 Å². The Labute approximate surface area is 102 Å². The van der Waals surface area contributed by atoms with Crippen molar-refractivity contribution in [3.63, 3.8) is 0 Å². The van der Waals surface area contributed by atoms with Crippen LogP contribution < -0.4 is 15.8 Å². The lowest BCUT2D eigenvalue weighted by molar-refractivity contribution is -0.120. The van der Waals surface area contributed by atoms with E-state index in [1.165, 1.54) is 0 Å². The number of nitrogens with two attached hydrogens (primary N) is 1. The van der Waals surface area contributed by atoms with E-state index in [4.69, 9.17) is 10.5 Å². The van der Waals surface area contributed by atoms with Crippen molar-refractivity contribution in [2.24, 2.45) is 5.73 Å². The number of carbonyl (C=O) groups is 1. The van der Waals surface area contributed by atoms with Crippen LogP contribution in [0.2, 0.25) is 0 Å². The van der Waals surface area contributed by atoms with E-state index in [1.54, 1.807) is 7.11 Å². The molecule has 0 atom stereocenters. The molecular weight excluding hydrogens is 216 g/mol. The Hall–Kier alpha value is -1.55. The third-order valence-corrected chi connectivity index (χ3v) is 2.50. The summed E-state index contributed by atoms with van der Waals surface area (Å²) in [6, 6.07) is 5.84. The van der Waals surface area contributed by atoms with Gasteiger partial charge in [0.2, 0.25) is 5.91 Å². The molecule has 1 rings (SSSR count). The topological polar surface area (TPSA) is 64.3 Å². The quantitative estimate of drug-likeness (QED) is 0.725. The number of amides is 1. The smallest absolute Gasteiger partial charge is 0.224 e. The summed E-state index contributed by atoms with van der Waals surface area (Å²) in [5.74, 6) is 0.763. The minimum atomic E-state index is 0.000558. The Morgan fingerprint density at radius 3 is 2.88 bits per heavy atom. The van der Waals surface area contributed by atoms with Crippen LogP contribution in [0.25, 0.3) is 0 Å². The second-order valence-electron chi connectivity index (χ2n) is 3.98. The van der Waals surface area contributed by atoms with Crippen molar-refractivity contribution >= 4 is 5.91 Å². The summed E-state index contributed by atoms with van der Waals surface area (Å²) in [4.78, 5) is 11.6. The van der Waals surface area contributed by atoms with Crippen LogP contribution in [-0.2, 0) is 11.2 Å². The van der Waals surface area contributed by atoms with Crippen LogP contribution in [0.4, 0.5) is 0 Å². The zero-order chi connectivity index (χ0) is 12.7. The number of methoxy groups -OCH3 is 1. The van der Waals surface area contributed by atoms with Gasteiger partial charge < -0.3 is 15.8 Å². The highest BCUT2D eigenvalue weighted by atomic mass is 16.5. The molecule has 17 heavy (non-hydrogen) atoms. The number of ether oxygens (including phenoxy) is 1. The zero-order valence-electron chi connectivity index (χ0n) is 10.5. The Morgan fingerprint density at radius 2 is 2.24 bits per heavy atom. The summed E-state index contributed by atoms with van der Waals surface area (Å²) >= 11 is 0. The monoisotopic (exact) mass is 236 g/mol. The molecule has 0 unspecified atom stereocenters. The predicted octanol–water partition coefficient (Wildman–Crippen LogP) is 1.01. The van der Waals surface area contributed by atoms with Crippen molar-refractivity contribution in [3.05, 3.63) is 29.3 Å². The fourth-order valence-electron chi connectivity index (χ4n) is 1.56. The van der Waals surface area contributed by atoms with E-state index in [0.717, 1.165) is 23.3 Å². The molecule has 3 N–H and O–H groups in total. The number of benzene rings is 1. The first-order valence-electron chi connectivity index (χ1n) is 5.77. The zero-order valence-corrected chi connectivity index (χ0v) is 10.5. The number of carbonyl (C=O) groups excluding carboxylic acids is 1. The molecule has 1 amide bonds. The lowest BCUT2D eigenvalue weighted by Crippen LogP contribution is -2.27. The summed E-state index contributed by atoms with van der Waals surface area (Å²) in [6.07, 6.45) is 1.14. The van der Waals surface area contributed by atoms with Crippen LogP contribution in [0.5, 0.6) is 5.75 Å². The Bertz CT molecular complexity index is 378. The van der Waals surface area contributed by atoms with Gasteiger partial charge in [-0.15, -0.1) is 0 Å². The van der Waals surface area contributed by atoms with Gasteiger partial charge in [0.05, 0.1) is 13.5 Å². The van der Waals surface area contributed by atoms with E-state index < -0.39 is 0 Å². The molecule has 4 heteroatoms. The van der Waals surface area contributed by atoms with Gasteiger partial charge in [0, 0.05) is 12.1 Å². The first kappa shape index (κ1) is 13.5. The standard InChI is InChI=1S/C13H20N2O2/c1-10-4-5-11(12(8-10)17-2)9-13(16)15-7-3-6-14/h4-5,8H,3,6-7,9,14H2,1-2H3,(H,15,16). The van der Waals surface area contributed by atoms with Crippen molar-refractivity contribution < 1.29 is 9.53 Å². The highest BCUT2D eigenvalue weighted by Gasteiger charge is 2.08. The molecule has 0 saturated carbocycles. The van der Waals surface area contributed by atoms with Crippen molar-refractivity contribution in [2.45, 2.75) is 19.8 Å². The van der Waals surface area contributed by atoms with Gasteiger partial charge in [-0.2, -0.15) is 0 Å². The molecule has 0 saturated heterocycles. The molecule has 0 aliphatic carbocycles. The predicted molar refractivity (Wildman–Crippen MR) is 68.1 cm³/mol. The van der Waals surface area contributed by atoms with E-state index in [0.29, 0.717) is 19.5 Å². The Balaban J connectivity index is 2.58. The largest absolute Gasteiger partial charge is 0.496 e. The number of aryl methyl sites for hydroxylation is 1. The van der Waals surface area contributed by atoms with Gasteiger partial charge in [0.15, 0.2) is 0 Å². The maximum atomic E-state index is 11.6. The van der Waals surface area contributed by atoms with Crippen molar-refractivity contribution in [3.8, 4) is 5.75 Å². The minimum absolute atomic E-state index is 0.000558. The van der Waals surface area contributed by atoms with Gasteiger partial charge in [0.25, 0.3) is 0 Å². The molecule has 1 aromatic rings. The van der Waals surface area contributed by atoms with Gasteiger partial charge in [0.1, 0.15) is 5.75 Å². The lowest BCUT2D eigenvalue weighted by atomic mass is 10.1. The van der Waals surface area contributed by atoms with E-state index in [2.05, 4.69) is 5.32 Å². The van der Waals surface area contributed by atoms with Gasteiger partial charge in [-0.25, -0.2) is 0 Å². The molecule has 0 fully saturated rings. The normalized spacial score (nSPS) is 10.1. The average Bonchev–Trinajstić information content (AvgIpc) is 2.32. The summed E-state index contributed by atoms with van der Waals surface area (Å²) in [7, 11) is 1.62. The minimum Gasteiger partial charge on any atom is -0.496 e. The molecule has 0 aromatic heterocycles. The van der Waals surface area contributed by atoms with Crippen molar-refractivity contribution in [1.82, 2.24) is 5.32 Å². The SMILES string of the molecule is COc1cc(C)ccc1CC(=O)NCCCN. The maximum Gasteiger partial charge on any atom is 0.224 e. The fourth-order valence-corrected chi connectivity index (χ4v) is 1.56. The maximum absolute atomic E-state index is 11.6. The van der Waals surface area contributed by atoms with E-state index >= 15 is 0 Å². The first-order valence-corrected chi connectivity index (χ1v) is 5.77. The number of nitrogens with one attached hydrogen (secondary N) is 1. The number of hydrogen-bond acceptors (Lipinski definition) is 3. The van der Waals surface area contributed by atoms with Crippen LogP contribution in [0, 0.1) is 6.92 Å². The Morgan fingerprint density at radius 1 is 1.47 bits per heavy atom. The summed E-state index contributed by atoms with van der Waals surface area (Å²) in [5.41, 5.74) is 7.38. The van der Waals surface area contributed by atoms with Crippen molar-refractivity contribution in [2.75, 3.05) is 20.2 Å². The second kappa shape index (κ2) is 6.91. The van der Waals surface area contributed by atoms with E-state index in [9.17, 15) is 4.79 Å². The number of hydrogen-bond donors (Lipinski definition) is 2. The fraction of sp³-hybridized carbons (Fsp3) is 0.462. The van der Waals surface area contributed by atoms with Crippen LogP contribution in [0.1, 0.15) is 17.5 Å². The number of rotatable bonds is 6. The highest BCUT2D eigenvalue weighted by molar-refractivity contribution is 5.79. The Kier molecular flexibility index (Phi) is 5.49. The molecule has 1 aromatic carbocycles. The van der Waals surface area contributed by atoms with Crippen LogP contribution in [0.15, 0.2) is 18.2 Å². The van der Waals surface area contributed by atoms with Gasteiger partial charge >= 0.3 is 0 Å². The van der Waals surface area contributed by atoms with E-state index in [1.807, 2.05) is 25.1 Å². The summed E-state index contributed by atoms with van der Waals surface area (Å²) in [5, 5.41) is 2.82. The molecule has 0 aliphatic heterocycles. The molecule has 94 valence electrons. The molecule has 0 bridgehead atoms. The third-order valence-electron chi connectivity index (χ3n) is 2.50. The molecule has 0 radical (unpaired) electrons. The summed E-state index contributed by atoms with van der Waals surface area (Å²) in [6.45, 7) is 3.21. The molecular formula is C13H20N2O2. The third kappa shape index (κ3) is 4.44. The lowest BCUT2D eigenvalue weighted by Gasteiger charge is -2.09. The van der Waals surface area contributed by atoms with Gasteiger partial charge in [-0.05, 0) is 31.5 Å². The summed E-state index contributed by atoms with van der Waals surface area (Å²) < 4.78 is 5.25. The second-order valence-corrected chi connectivity index (χ2v) is 3.98. The average molecular weight is 236 g/mol. The van der Waals surface area contributed by atoms with Crippen molar-refractivity contribution in [1.29, 1.82) is 0 Å². The first-order chi connectivity index (χ1) is 8.17. The van der Waals surface area contributed by atoms with E-state index in [-0.39, 0.29) is 5.91 Å². The molecule has 0 aliphatic rings. The van der Waals surface area contributed by atoms with Gasteiger partial charge in [-0.3, -0.25) is 4.79 Å². The molecule has 0 heterocycles. The van der Waals surface area contributed by atoms with Gasteiger partial charge in [-0.1, -0.05) is 12.1 Å². The highest BCUT2D eigenvalue weighted by Crippen LogP contribution is 2.20. The van der Waals surface area contributed by atoms with Crippen LogP contribution in [0.3, 0.4) is 0 Å². The molecule has 0 spiro atoms. The molecule has 4 nitrogen and oxygen atoms in total.